The molecule has 3 heteroatoms. The highest BCUT2D eigenvalue weighted by molar-refractivity contribution is 5.73. The van der Waals surface area contributed by atoms with Crippen molar-refractivity contribution >= 4 is 5.57 Å². The van der Waals surface area contributed by atoms with E-state index in [1.165, 1.54) is 23.3 Å². The van der Waals surface area contributed by atoms with Crippen molar-refractivity contribution in [3.8, 4) is 22.3 Å². The minimum atomic E-state index is -4.31. The van der Waals surface area contributed by atoms with Gasteiger partial charge in [0.25, 0.3) is 0 Å². The lowest BCUT2D eigenvalue weighted by atomic mass is 9.95. The predicted octanol–water partition coefficient (Wildman–Crippen LogP) is 8.33. The van der Waals surface area contributed by atoms with Gasteiger partial charge in [-0.25, -0.2) is 0 Å². The summed E-state index contributed by atoms with van der Waals surface area (Å²) in [6.45, 7) is 0. The lowest BCUT2D eigenvalue weighted by molar-refractivity contribution is -0.137. The summed E-state index contributed by atoms with van der Waals surface area (Å²) in [5, 5.41) is 0. The van der Waals surface area contributed by atoms with E-state index in [4.69, 9.17) is 0 Å². The molecular formula is C27H21F3. The van der Waals surface area contributed by atoms with Gasteiger partial charge in [0, 0.05) is 0 Å². The first-order chi connectivity index (χ1) is 14.5. The third-order valence-corrected chi connectivity index (χ3v) is 5.26. The Morgan fingerprint density at radius 2 is 1.00 bits per heavy atom. The summed E-state index contributed by atoms with van der Waals surface area (Å²) in [4.78, 5) is 0. The van der Waals surface area contributed by atoms with Gasteiger partial charge < -0.3 is 0 Å². The van der Waals surface area contributed by atoms with Gasteiger partial charge in [-0.05, 0) is 58.4 Å². The van der Waals surface area contributed by atoms with E-state index in [0.717, 1.165) is 47.2 Å². The molecule has 0 aromatic heterocycles. The number of hydrogen-bond donors (Lipinski definition) is 0. The van der Waals surface area contributed by atoms with Crippen molar-refractivity contribution in [1.29, 1.82) is 0 Å². The Morgan fingerprint density at radius 1 is 0.533 bits per heavy atom. The third kappa shape index (κ3) is 4.62. The van der Waals surface area contributed by atoms with Gasteiger partial charge in [0.2, 0.25) is 0 Å². The van der Waals surface area contributed by atoms with Gasteiger partial charge in [0.15, 0.2) is 0 Å². The Morgan fingerprint density at radius 3 is 1.50 bits per heavy atom. The molecule has 30 heavy (non-hydrogen) atoms. The van der Waals surface area contributed by atoms with Crippen molar-refractivity contribution in [3.05, 3.63) is 114 Å². The number of benzene rings is 3. The molecule has 0 aliphatic heterocycles. The molecule has 3 aromatic carbocycles. The monoisotopic (exact) mass is 402 g/mol. The minimum absolute atomic E-state index is 0.631. The zero-order chi connectivity index (χ0) is 21.0. The fourth-order valence-corrected chi connectivity index (χ4v) is 3.56. The molecule has 0 N–H and O–H groups in total. The van der Waals surface area contributed by atoms with Crippen molar-refractivity contribution in [2.75, 3.05) is 0 Å². The number of alkyl halides is 3. The second-order valence-electron chi connectivity index (χ2n) is 7.27. The Bertz CT molecular complexity index is 1080. The summed E-state index contributed by atoms with van der Waals surface area (Å²) in [6, 6.07) is 21.7. The van der Waals surface area contributed by atoms with Gasteiger partial charge in [-0.2, -0.15) is 13.2 Å². The summed E-state index contributed by atoms with van der Waals surface area (Å²) in [5.74, 6) is 0. The van der Waals surface area contributed by atoms with E-state index in [2.05, 4.69) is 48.6 Å². The highest BCUT2D eigenvalue weighted by atomic mass is 19.4. The van der Waals surface area contributed by atoms with Crippen molar-refractivity contribution in [3.63, 3.8) is 0 Å². The van der Waals surface area contributed by atoms with Crippen LogP contribution in [0.3, 0.4) is 0 Å². The van der Waals surface area contributed by atoms with Crippen LogP contribution in [0.2, 0.25) is 0 Å². The molecule has 0 unspecified atom stereocenters. The second-order valence-corrected chi connectivity index (χ2v) is 7.27. The smallest absolute Gasteiger partial charge is 0.166 e. The van der Waals surface area contributed by atoms with Crippen LogP contribution in [0.5, 0.6) is 0 Å². The zero-order valence-corrected chi connectivity index (χ0v) is 16.4. The maximum absolute atomic E-state index is 12.7. The lowest BCUT2D eigenvalue weighted by Crippen LogP contribution is -2.03. The largest absolute Gasteiger partial charge is 0.416 e. The van der Waals surface area contributed by atoms with Gasteiger partial charge in [0.1, 0.15) is 0 Å². The fourth-order valence-electron chi connectivity index (χ4n) is 3.56. The van der Waals surface area contributed by atoms with E-state index in [1.54, 1.807) is 0 Å². The van der Waals surface area contributed by atoms with Crippen LogP contribution in [-0.4, -0.2) is 0 Å². The number of halogens is 3. The van der Waals surface area contributed by atoms with Crippen LogP contribution in [0.4, 0.5) is 13.2 Å². The molecule has 0 heterocycles. The Hall–Kier alpha value is -3.33. The summed E-state index contributed by atoms with van der Waals surface area (Å²) in [6.07, 6.45) is 8.27. The van der Waals surface area contributed by atoms with Crippen LogP contribution in [0.15, 0.2) is 103 Å². The molecule has 0 atom stereocenters. The standard InChI is InChI=1S/C27H21F3/c28-27(29,30)26-18-16-25(17-19-26)24-14-12-23(13-15-24)22-10-8-21(9-11-22)20-6-4-2-1-3-5-7-20/h1-4,6,8-19H,5,7H2/b3-1-,4-2-,20-6+. The van der Waals surface area contributed by atoms with Gasteiger partial charge in [-0.15, -0.1) is 0 Å². The first-order valence-corrected chi connectivity index (χ1v) is 9.91. The molecule has 0 saturated carbocycles. The minimum Gasteiger partial charge on any atom is -0.166 e. The molecule has 4 rings (SSSR count). The van der Waals surface area contributed by atoms with Crippen molar-refractivity contribution in [2.45, 2.75) is 19.0 Å². The van der Waals surface area contributed by atoms with E-state index in [9.17, 15) is 13.2 Å². The predicted molar refractivity (Wildman–Crippen MR) is 118 cm³/mol. The van der Waals surface area contributed by atoms with Gasteiger partial charge >= 0.3 is 6.18 Å². The summed E-state index contributed by atoms with van der Waals surface area (Å²) in [7, 11) is 0. The summed E-state index contributed by atoms with van der Waals surface area (Å²) in [5.41, 5.74) is 5.76. The van der Waals surface area contributed by atoms with E-state index < -0.39 is 11.7 Å². The number of rotatable bonds is 3. The van der Waals surface area contributed by atoms with E-state index in [-0.39, 0.29) is 0 Å². The first kappa shape index (κ1) is 20.0. The van der Waals surface area contributed by atoms with Crippen LogP contribution in [0.25, 0.3) is 27.8 Å². The average Bonchev–Trinajstić information content (AvgIpc) is 2.73. The molecule has 1 aliphatic rings. The normalized spacial score (nSPS) is 18.0. The van der Waals surface area contributed by atoms with Gasteiger partial charge in [0.05, 0.1) is 5.56 Å². The molecular weight excluding hydrogens is 381 g/mol. The molecule has 0 amide bonds. The molecule has 0 spiro atoms. The van der Waals surface area contributed by atoms with Crippen LogP contribution < -0.4 is 0 Å². The maximum atomic E-state index is 12.7. The third-order valence-electron chi connectivity index (χ3n) is 5.26. The molecule has 0 radical (unpaired) electrons. The summed E-state index contributed by atoms with van der Waals surface area (Å²) < 4.78 is 38.2. The van der Waals surface area contributed by atoms with Gasteiger partial charge in [-0.3, -0.25) is 0 Å². The zero-order valence-electron chi connectivity index (χ0n) is 16.4. The molecule has 1 aliphatic carbocycles. The number of hydrogen-bond acceptors (Lipinski definition) is 0. The van der Waals surface area contributed by atoms with Crippen molar-refractivity contribution in [1.82, 2.24) is 0 Å². The molecule has 0 bridgehead atoms. The second kappa shape index (κ2) is 8.58. The lowest BCUT2D eigenvalue weighted by Gasteiger charge is -2.10. The average molecular weight is 402 g/mol. The molecule has 0 fully saturated rings. The van der Waals surface area contributed by atoms with Crippen LogP contribution in [0, 0.1) is 0 Å². The Kier molecular flexibility index (Phi) is 5.71. The first-order valence-electron chi connectivity index (χ1n) is 9.91. The molecule has 0 saturated heterocycles. The maximum Gasteiger partial charge on any atom is 0.416 e. The number of allylic oxidation sites excluding steroid dienone is 6. The quantitative estimate of drug-likeness (QED) is 0.413. The summed E-state index contributed by atoms with van der Waals surface area (Å²) >= 11 is 0. The van der Waals surface area contributed by atoms with Gasteiger partial charge in [-0.1, -0.05) is 91.0 Å². The van der Waals surface area contributed by atoms with E-state index in [0.29, 0.717) is 0 Å². The highest BCUT2D eigenvalue weighted by Gasteiger charge is 2.29. The van der Waals surface area contributed by atoms with Crippen LogP contribution in [0.1, 0.15) is 24.0 Å². The topological polar surface area (TPSA) is 0 Å². The fraction of sp³-hybridized carbons (Fsp3) is 0.111. The Labute approximate surface area is 174 Å². The SMILES string of the molecule is FC(F)(F)c1ccc(-c2ccc(-c3ccc(/C4=C/C=C\C=C/CC4)cc3)cc2)cc1. The molecule has 3 aromatic rings. The Balaban J connectivity index is 1.51. The highest BCUT2D eigenvalue weighted by Crippen LogP contribution is 2.32. The van der Waals surface area contributed by atoms with Crippen molar-refractivity contribution in [2.24, 2.45) is 0 Å². The van der Waals surface area contributed by atoms with Crippen molar-refractivity contribution < 1.29 is 13.2 Å². The van der Waals surface area contributed by atoms with E-state index in [1.807, 2.05) is 30.3 Å². The van der Waals surface area contributed by atoms with E-state index >= 15 is 0 Å². The van der Waals surface area contributed by atoms with Crippen LogP contribution in [-0.2, 0) is 6.18 Å². The van der Waals surface area contributed by atoms with Crippen LogP contribution >= 0.6 is 0 Å². The molecule has 0 nitrogen and oxygen atoms in total. The molecule has 150 valence electrons.